The molecule has 1 aliphatic rings. The van der Waals surface area contributed by atoms with Gasteiger partial charge in [0.15, 0.2) is 0 Å². The van der Waals surface area contributed by atoms with Gasteiger partial charge in [-0.15, -0.1) is 0 Å². The van der Waals surface area contributed by atoms with Crippen molar-refractivity contribution in [2.75, 3.05) is 0 Å². The fourth-order valence-electron chi connectivity index (χ4n) is 4.70. The molecule has 0 fully saturated rings. The average Bonchev–Trinajstić information content (AvgIpc) is 3.00. The van der Waals surface area contributed by atoms with E-state index in [-0.39, 0.29) is 5.41 Å². The first-order valence-corrected chi connectivity index (χ1v) is 11.5. The van der Waals surface area contributed by atoms with E-state index in [1.807, 2.05) is 0 Å². The van der Waals surface area contributed by atoms with E-state index in [2.05, 4.69) is 147 Å². The van der Waals surface area contributed by atoms with Crippen molar-refractivity contribution in [3.05, 3.63) is 156 Å². The second-order valence-electron chi connectivity index (χ2n) is 9.15. The largest absolute Gasteiger partial charge is 0.0665 e. The summed E-state index contributed by atoms with van der Waals surface area (Å²) in [6.45, 7) is 4.60. The molecule has 0 atom stereocenters. The fraction of sp³-hybridized carbons (Fsp3) is 0.0909. The van der Waals surface area contributed by atoms with E-state index in [9.17, 15) is 0 Å². The number of hydrogen-bond donors (Lipinski definition) is 0. The minimum absolute atomic E-state index is 0.132. The van der Waals surface area contributed by atoms with Crippen molar-refractivity contribution < 1.29 is 0 Å². The zero-order chi connectivity index (χ0) is 22.7. The summed E-state index contributed by atoms with van der Waals surface area (Å²) < 4.78 is 0. The molecule has 0 radical (unpaired) electrons. The Hall–Kier alpha value is -3.90. The standard InChI is InChI=1S/C33H28/c1-33(2)23-29(25-15-7-3-8-16-25)31(27-19-11-5-12-20-27)32(28-21-13-6-14-22-28)30(24-33)26-17-9-4-10-18-26/h3-24H,1-2H3. The summed E-state index contributed by atoms with van der Waals surface area (Å²) in [7, 11) is 0. The van der Waals surface area contributed by atoms with Gasteiger partial charge in [-0.05, 0) is 44.5 Å². The van der Waals surface area contributed by atoms with Gasteiger partial charge in [-0.2, -0.15) is 0 Å². The minimum atomic E-state index is -0.132. The van der Waals surface area contributed by atoms with Crippen LogP contribution in [0.3, 0.4) is 0 Å². The Morgan fingerprint density at radius 2 is 0.636 bits per heavy atom. The van der Waals surface area contributed by atoms with Crippen LogP contribution in [0.25, 0.3) is 22.3 Å². The molecular formula is C33H28. The summed E-state index contributed by atoms with van der Waals surface area (Å²) in [5, 5.41) is 0. The van der Waals surface area contributed by atoms with Gasteiger partial charge in [0.1, 0.15) is 0 Å². The molecule has 1 aliphatic carbocycles. The highest BCUT2D eigenvalue weighted by molar-refractivity contribution is 6.26. The number of rotatable bonds is 4. The summed E-state index contributed by atoms with van der Waals surface area (Å²) in [5.41, 5.74) is 9.88. The van der Waals surface area contributed by atoms with Crippen LogP contribution in [0.1, 0.15) is 36.1 Å². The molecule has 0 heteroatoms. The highest BCUT2D eigenvalue weighted by Gasteiger charge is 2.28. The molecule has 4 aromatic rings. The molecule has 0 aromatic heterocycles. The third-order valence-electron chi connectivity index (χ3n) is 6.12. The minimum Gasteiger partial charge on any atom is -0.0665 e. The molecule has 0 N–H and O–H groups in total. The third-order valence-corrected chi connectivity index (χ3v) is 6.12. The lowest BCUT2D eigenvalue weighted by atomic mass is 9.82. The fourth-order valence-corrected chi connectivity index (χ4v) is 4.70. The molecule has 0 saturated heterocycles. The lowest BCUT2D eigenvalue weighted by Gasteiger charge is -2.21. The second kappa shape index (κ2) is 8.92. The molecule has 4 aromatic carbocycles. The van der Waals surface area contributed by atoms with E-state index in [1.54, 1.807) is 0 Å². The van der Waals surface area contributed by atoms with Crippen LogP contribution in [0, 0.1) is 5.41 Å². The van der Waals surface area contributed by atoms with Gasteiger partial charge >= 0.3 is 0 Å². The molecule has 0 spiro atoms. The van der Waals surface area contributed by atoms with E-state index in [0.717, 1.165) is 0 Å². The summed E-state index contributed by atoms with van der Waals surface area (Å²) in [6.07, 6.45) is 4.87. The predicted molar refractivity (Wildman–Crippen MR) is 142 cm³/mol. The molecule has 0 bridgehead atoms. The maximum absolute atomic E-state index is 2.43. The highest BCUT2D eigenvalue weighted by atomic mass is 14.3. The summed E-state index contributed by atoms with van der Waals surface area (Å²) in [5.74, 6) is 0. The number of hydrogen-bond acceptors (Lipinski definition) is 0. The predicted octanol–water partition coefficient (Wildman–Crippen LogP) is 8.80. The van der Waals surface area contributed by atoms with E-state index in [4.69, 9.17) is 0 Å². The molecule has 33 heavy (non-hydrogen) atoms. The van der Waals surface area contributed by atoms with E-state index >= 15 is 0 Å². The first kappa shape index (κ1) is 21.0. The normalized spacial score (nSPS) is 15.5. The lowest BCUT2D eigenvalue weighted by molar-refractivity contribution is 0.631. The number of benzene rings is 4. The lowest BCUT2D eigenvalue weighted by Crippen LogP contribution is -2.04. The topological polar surface area (TPSA) is 0 Å². The van der Waals surface area contributed by atoms with E-state index in [1.165, 1.54) is 44.5 Å². The van der Waals surface area contributed by atoms with Gasteiger partial charge in [-0.3, -0.25) is 0 Å². The van der Waals surface area contributed by atoms with Gasteiger partial charge in [0, 0.05) is 5.41 Å². The monoisotopic (exact) mass is 424 g/mol. The maximum atomic E-state index is 2.43. The van der Waals surface area contributed by atoms with Crippen molar-refractivity contribution >= 4 is 22.3 Å². The van der Waals surface area contributed by atoms with Crippen LogP contribution in [-0.2, 0) is 0 Å². The smallest absolute Gasteiger partial charge is 0.00232 e. The van der Waals surface area contributed by atoms with Crippen LogP contribution in [0.5, 0.6) is 0 Å². The van der Waals surface area contributed by atoms with Crippen molar-refractivity contribution in [3.63, 3.8) is 0 Å². The molecule has 0 saturated carbocycles. The van der Waals surface area contributed by atoms with Crippen LogP contribution < -0.4 is 0 Å². The molecule has 0 heterocycles. The maximum Gasteiger partial charge on any atom is 0.00232 e. The molecule has 0 aliphatic heterocycles. The number of allylic oxidation sites excluding steroid dienone is 6. The first-order chi connectivity index (χ1) is 16.1. The third kappa shape index (κ3) is 4.38. The van der Waals surface area contributed by atoms with Crippen molar-refractivity contribution in [1.82, 2.24) is 0 Å². The van der Waals surface area contributed by atoms with E-state index in [0.29, 0.717) is 0 Å². The molecule has 0 amide bonds. The Labute approximate surface area is 197 Å². The molecule has 5 rings (SSSR count). The van der Waals surface area contributed by atoms with Crippen LogP contribution in [0.2, 0.25) is 0 Å². The van der Waals surface area contributed by atoms with Gasteiger partial charge < -0.3 is 0 Å². The van der Waals surface area contributed by atoms with Crippen LogP contribution >= 0.6 is 0 Å². The van der Waals surface area contributed by atoms with Crippen molar-refractivity contribution in [3.8, 4) is 0 Å². The van der Waals surface area contributed by atoms with Crippen LogP contribution in [0.15, 0.2) is 133 Å². The zero-order valence-electron chi connectivity index (χ0n) is 19.2. The Bertz CT molecular complexity index is 1220. The summed E-state index contributed by atoms with van der Waals surface area (Å²) >= 11 is 0. The van der Waals surface area contributed by atoms with Crippen molar-refractivity contribution in [2.24, 2.45) is 5.41 Å². The Morgan fingerprint density at radius 1 is 0.364 bits per heavy atom. The Kier molecular flexibility index (Phi) is 5.67. The van der Waals surface area contributed by atoms with Gasteiger partial charge in [0.05, 0.1) is 0 Å². The Balaban J connectivity index is 1.93. The van der Waals surface area contributed by atoms with Crippen molar-refractivity contribution in [1.29, 1.82) is 0 Å². The van der Waals surface area contributed by atoms with Crippen LogP contribution in [-0.4, -0.2) is 0 Å². The van der Waals surface area contributed by atoms with Crippen molar-refractivity contribution in [2.45, 2.75) is 13.8 Å². The van der Waals surface area contributed by atoms with Gasteiger partial charge in [-0.1, -0.05) is 147 Å². The zero-order valence-corrected chi connectivity index (χ0v) is 19.2. The first-order valence-electron chi connectivity index (χ1n) is 11.5. The quantitative estimate of drug-likeness (QED) is 0.307. The highest BCUT2D eigenvalue weighted by Crippen LogP contribution is 2.49. The summed E-state index contributed by atoms with van der Waals surface area (Å²) in [4.78, 5) is 0. The van der Waals surface area contributed by atoms with Gasteiger partial charge in [0.25, 0.3) is 0 Å². The SMILES string of the molecule is CC1(C)C=C(c2ccccc2)C(c2ccccc2)=C(c2ccccc2)C(c2ccccc2)=C1. The Morgan fingerprint density at radius 3 is 0.939 bits per heavy atom. The van der Waals surface area contributed by atoms with Gasteiger partial charge in [0.2, 0.25) is 0 Å². The molecule has 0 unspecified atom stereocenters. The van der Waals surface area contributed by atoms with Crippen LogP contribution in [0.4, 0.5) is 0 Å². The molecule has 0 nitrogen and oxygen atoms in total. The average molecular weight is 425 g/mol. The molecular weight excluding hydrogens is 396 g/mol. The van der Waals surface area contributed by atoms with Gasteiger partial charge in [-0.25, -0.2) is 0 Å². The summed E-state index contributed by atoms with van der Waals surface area (Å²) in [6, 6.07) is 43.2. The van der Waals surface area contributed by atoms with E-state index < -0.39 is 0 Å². The molecule has 160 valence electrons. The second-order valence-corrected chi connectivity index (χ2v) is 9.15.